The SMILES string of the molecule is CS(=O)(=O)OCc1ccc(/C=C/c2ccccc2)cc1Cl. The highest BCUT2D eigenvalue weighted by molar-refractivity contribution is 7.85. The molecule has 2 rings (SSSR count). The Morgan fingerprint density at radius 2 is 1.71 bits per heavy atom. The Labute approximate surface area is 130 Å². The Hall–Kier alpha value is -1.62. The molecule has 0 radical (unpaired) electrons. The minimum Gasteiger partial charge on any atom is -0.265 e. The zero-order valence-electron chi connectivity index (χ0n) is 11.5. The van der Waals surface area contributed by atoms with Crippen LogP contribution in [0.4, 0.5) is 0 Å². The standard InChI is InChI=1S/C16H15ClO3S/c1-21(18,19)20-12-15-10-9-14(11-16(15)17)8-7-13-5-3-2-4-6-13/h2-11H,12H2,1H3/b8-7+. The van der Waals surface area contributed by atoms with Crippen LogP contribution in [0.5, 0.6) is 0 Å². The smallest absolute Gasteiger partial charge is 0.264 e. The lowest BCUT2D eigenvalue weighted by Gasteiger charge is -2.05. The summed E-state index contributed by atoms with van der Waals surface area (Å²) in [6, 6.07) is 15.3. The van der Waals surface area contributed by atoms with E-state index in [-0.39, 0.29) is 6.61 Å². The van der Waals surface area contributed by atoms with E-state index in [9.17, 15) is 8.42 Å². The van der Waals surface area contributed by atoms with Crippen molar-refractivity contribution < 1.29 is 12.6 Å². The fourth-order valence-corrected chi connectivity index (χ4v) is 2.30. The third-order valence-corrected chi connectivity index (χ3v) is 3.67. The molecule has 0 aliphatic heterocycles. The number of halogens is 1. The van der Waals surface area contributed by atoms with Crippen molar-refractivity contribution in [2.24, 2.45) is 0 Å². The Kier molecular flexibility index (Phi) is 5.17. The fraction of sp³-hybridized carbons (Fsp3) is 0.125. The molecule has 21 heavy (non-hydrogen) atoms. The van der Waals surface area contributed by atoms with Crippen molar-refractivity contribution in [1.29, 1.82) is 0 Å². The van der Waals surface area contributed by atoms with Gasteiger partial charge < -0.3 is 0 Å². The van der Waals surface area contributed by atoms with E-state index in [0.717, 1.165) is 17.4 Å². The molecule has 0 aliphatic carbocycles. The van der Waals surface area contributed by atoms with Gasteiger partial charge in [-0.2, -0.15) is 8.42 Å². The Morgan fingerprint density at radius 1 is 1.05 bits per heavy atom. The summed E-state index contributed by atoms with van der Waals surface area (Å²) in [5.74, 6) is 0. The lowest BCUT2D eigenvalue weighted by atomic mass is 10.1. The molecule has 0 aromatic heterocycles. The van der Waals surface area contributed by atoms with E-state index in [0.29, 0.717) is 10.6 Å². The molecule has 0 N–H and O–H groups in total. The normalized spacial score (nSPS) is 11.9. The van der Waals surface area contributed by atoms with Crippen molar-refractivity contribution >= 4 is 33.9 Å². The van der Waals surface area contributed by atoms with Crippen molar-refractivity contribution in [3.63, 3.8) is 0 Å². The number of hydrogen-bond donors (Lipinski definition) is 0. The highest BCUT2D eigenvalue weighted by Crippen LogP contribution is 2.20. The maximum Gasteiger partial charge on any atom is 0.264 e. The van der Waals surface area contributed by atoms with E-state index in [4.69, 9.17) is 15.8 Å². The van der Waals surface area contributed by atoms with Gasteiger partial charge in [0.2, 0.25) is 0 Å². The molecule has 2 aromatic carbocycles. The maximum atomic E-state index is 11.0. The summed E-state index contributed by atoms with van der Waals surface area (Å²) < 4.78 is 26.7. The summed E-state index contributed by atoms with van der Waals surface area (Å²) in [5, 5.41) is 0.480. The summed E-state index contributed by atoms with van der Waals surface area (Å²) in [6.07, 6.45) is 4.94. The van der Waals surface area contributed by atoms with Gasteiger partial charge in [-0.15, -0.1) is 0 Å². The summed E-state index contributed by atoms with van der Waals surface area (Å²) >= 11 is 6.13. The Bertz CT molecular complexity index is 737. The van der Waals surface area contributed by atoms with Gasteiger partial charge in [-0.05, 0) is 22.8 Å². The third kappa shape index (κ3) is 5.34. The Morgan fingerprint density at radius 3 is 2.33 bits per heavy atom. The lowest BCUT2D eigenvalue weighted by Crippen LogP contribution is -2.03. The van der Waals surface area contributed by atoms with Crippen molar-refractivity contribution in [1.82, 2.24) is 0 Å². The van der Waals surface area contributed by atoms with E-state index in [1.807, 2.05) is 48.6 Å². The largest absolute Gasteiger partial charge is 0.265 e. The van der Waals surface area contributed by atoms with Crippen molar-refractivity contribution in [3.05, 3.63) is 70.2 Å². The van der Waals surface area contributed by atoms with Crippen LogP contribution in [0.3, 0.4) is 0 Å². The van der Waals surface area contributed by atoms with Crippen LogP contribution in [0, 0.1) is 0 Å². The van der Waals surface area contributed by atoms with E-state index in [1.165, 1.54) is 0 Å². The molecule has 0 saturated heterocycles. The average Bonchev–Trinajstić information content (AvgIpc) is 2.44. The number of benzene rings is 2. The van der Waals surface area contributed by atoms with Crippen LogP contribution in [0.25, 0.3) is 12.2 Å². The minimum absolute atomic E-state index is 0.0552. The van der Waals surface area contributed by atoms with Crippen LogP contribution in [0.2, 0.25) is 5.02 Å². The highest BCUT2D eigenvalue weighted by atomic mass is 35.5. The molecule has 0 atom stereocenters. The molecule has 0 amide bonds. The predicted molar refractivity (Wildman–Crippen MR) is 86.5 cm³/mol. The van der Waals surface area contributed by atoms with Gasteiger partial charge in [0.05, 0.1) is 12.9 Å². The predicted octanol–water partition coefficient (Wildman–Crippen LogP) is 3.99. The van der Waals surface area contributed by atoms with E-state index >= 15 is 0 Å². The second-order valence-electron chi connectivity index (χ2n) is 4.56. The molecule has 0 unspecified atom stereocenters. The first kappa shape index (κ1) is 15.8. The van der Waals surface area contributed by atoms with Crippen molar-refractivity contribution in [2.45, 2.75) is 6.61 Å². The molecule has 2 aromatic rings. The van der Waals surface area contributed by atoms with Gasteiger partial charge in [0.1, 0.15) is 0 Å². The Balaban J connectivity index is 2.10. The molecule has 0 bridgehead atoms. The van der Waals surface area contributed by atoms with Crippen LogP contribution in [0.1, 0.15) is 16.7 Å². The molecule has 0 spiro atoms. The van der Waals surface area contributed by atoms with Crippen LogP contribution in [0.15, 0.2) is 48.5 Å². The number of hydrogen-bond acceptors (Lipinski definition) is 3. The second kappa shape index (κ2) is 6.89. The van der Waals surface area contributed by atoms with Crippen molar-refractivity contribution in [3.8, 4) is 0 Å². The third-order valence-electron chi connectivity index (χ3n) is 2.77. The first-order chi connectivity index (χ1) is 9.94. The van der Waals surface area contributed by atoms with Gasteiger partial charge in [0.15, 0.2) is 0 Å². The van der Waals surface area contributed by atoms with Gasteiger partial charge in [0.25, 0.3) is 10.1 Å². The summed E-state index contributed by atoms with van der Waals surface area (Å²) in [7, 11) is -3.47. The highest BCUT2D eigenvalue weighted by Gasteiger charge is 2.06. The maximum absolute atomic E-state index is 11.0. The van der Waals surface area contributed by atoms with E-state index in [2.05, 4.69) is 0 Å². The quantitative estimate of drug-likeness (QED) is 0.617. The summed E-state index contributed by atoms with van der Waals surface area (Å²) in [4.78, 5) is 0. The van der Waals surface area contributed by atoms with Gasteiger partial charge in [-0.1, -0.05) is 66.2 Å². The summed E-state index contributed by atoms with van der Waals surface area (Å²) in [6.45, 7) is -0.0552. The first-order valence-electron chi connectivity index (χ1n) is 6.30. The van der Waals surface area contributed by atoms with Gasteiger partial charge >= 0.3 is 0 Å². The second-order valence-corrected chi connectivity index (χ2v) is 6.61. The summed E-state index contributed by atoms with van der Waals surface area (Å²) in [5.41, 5.74) is 2.67. The van der Waals surface area contributed by atoms with Crippen LogP contribution in [-0.2, 0) is 20.9 Å². The molecule has 0 fully saturated rings. The molecule has 5 heteroatoms. The molecule has 3 nitrogen and oxygen atoms in total. The molecular formula is C16H15ClO3S. The van der Waals surface area contributed by atoms with Gasteiger partial charge in [0, 0.05) is 5.02 Å². The fourth-order valence-electron chi connectivity index (χ4n) is 1.71. The average molecular weight is 323 g/mol. The van der Waals surface area contributed by atoms with Crippen LogP contribution in [-0.4, -0.2) is 14.7 Å². The molecule has 110 valence electrons. The zero-order chi connectivity index (χ0) is 15.3. The van der Waals surface area contributed by atoms with Crippen molar-refractivity contribution in [2.75, 3.05) is 6.26 Å². The van der Waals surface area contributed by atoms with Gasteiger partial charge in [-0.25, -0.2) is 0 Å². The number of rotatable bonds is 5. The van der Waals surface area contributed by atoms with Crippen LogP contribution >= 0.6 is 11.6 Å². The van der Waals surface area contributed by atoms with Crippen LogP contribution < -0.4 is 0 Å². The lowest BCUT2D eigenvalue weighted by molar-refractivity contribution is 0.312. The zero-order valence-corrected chi connectivity index (χ0v) is 13.1. The monoisotopic (exact) mass is 322 g/mol. The first-order valence-corrected chi connectivity index (χ1v) is 8.49. The molecule has 0 aliphatic rings. The van der Waals surface area contributed by atoms with E-state index < -0.39 is 10.1 Å². The topological polar surface area (TPSA) is 43.4 Å². The minimum atomic E-state index is -3.47. The molecular weight excluding hydrogens is 308 g/mol. The van der Waals surface area contributed by atoms with E-state index in [1.54, 1.807) is 12.1 Å². The molecule has 0 heterocycles. The molecule has 0 saturated carbocycles. The van der Waals surface area contributed by atoms with Gasteiger partial charge in [-0.3, -0.25) is 4.18 Å².